The van der Waals surface area contributed by atoms with E-state index in [1.54, 1.807) is 7.11 Å². The van der Waals surface area contributed by atoms with Gasteiger partial charge in [0.2, 0.25) is 0 Å². The number of hydrogen-bond donors (Lipinski definition) is 3. The number of nitrogens with zero attached hydrogens (tertiary/aromatic N) is 2. The first-order valence-electron chi connectivity index (χ1n) is 7.39. The summed E-state index contributed by atoms with van der Waals surface area (Å²) in [6, 6.07) is 1.81. The highest BCUT2D eigenvalue weighted by Gasteiger charge is 2.14. The highest BCUT2D eigenvalue weighted by molar-refractivity contribution is 5.46. The van der Waals surface area contributed by atoms with Crippen molar-refractivity contribution in [3.8, 4) is 0 Å². The fourth-order valence-corrected chi connectivity index (χ4v) is 2.76. The third-order valence-corrected chi connectivity index (χ3v) is 3.76. The topological polar surface area (TPSA) is 85.1 Å². The van der Waals surface area contributed by atoms with Crippen LogP contribution >= 0.6 is 0 Å². The van der Waals surface area contributed by atoms with Gasteiger partial charge in [-0.25, -0.2) is 15.8 Å². The van der Waals surface area contributed by atoms with Crippen LogP contribution in [0.5, 0.6) is 0 Å². The Balaban J connectivity index is 1.79. The van der Waals surface area contributed by atoms with Gasteiger partial charge in [-0.05, 0) is 18.8 Å². The largest absolute Gasteiger partial charge is 0.377 e. The maximum absolute atomic E-state index is 5.41. The molecule has 0 aromatic carbocycles. The Hall–Kier alpha value is -1.40. The standard InChI is InChI=1S/C14H25N5O/c1-20-10-14-17-12(9-13(18-14)19-15)16-8-4-7-11-5-2-3-6-11/h9,11H,2-8,10,15H2,1H3,(H2,16,17,18,19). The number of hydrazine groups is 1. The summed E-state index contributed by atoms with van der Waals surface area (Å²) < 4.78 is 5.05. The zero-order valence-electron chi connectivity index (χ0n) is 12.2. The number of rotatable bonds is 8. The van der Waals surface area contributed by atoms with Gasteiger partial charge in [0, 0.05) is 19.7 Å². The monoisotopic (exact) mass is 279 g/mol. The zero-order valence-corrected chi connectivity index (χ0v) is 12.2. The van der Waals surface area contributed by atoms with Crippen LogP contribution < -0.4 is 16.6 Å². The average Bonchev–Trinajstić information content (AvgIpc) is 2.97. The van der Waals surface area contributed by atoms with E-state index in [1.807, 2.05) is 6.07 Å². The van der Waals surface area contributed by atoms with E-state index in [0.29, 0.717) is 18.2 Å². The van der Waals surface area contributed by atoms with Gasteiger partial charge < -0.3 is 15.5 Å². The number of nitrogen functional groups attached to an aromatic ring is 1. The third-order valence-electron chi connectivity index (χ3n) is 3.76. The van der Waals surface area contributed by atoms with Crippen molar-refractivity contribution in [2.24, 2.45) is 11.8 Å². The van der Waals surface area contributed by atoms with Crippen molar-refractivity contribution in [1.29, 1.82) is 0 Å². The Kier molecular flexibility index (Phi) is 6.01. The molecular formula is C14H25N5O. The quantitative estimate of drug-likeness (QED) is 0.384. The molecule has 1 aliphatic rings. The first-order chi connectivity index (χ1) is 9.81. The minimum atomic E-state index is 0.381. The van der Waals surface area contributed by atoms with Crippen molar-refractivity contribution in [2.75, 3.05) is 24.4 Å². The molecule has 2 rings (SSSR count). The molecule has 0 atom stereocenters. The van der Waals surface area contributed by atoms with Gasteiger partial charge in [0.25, 0.3) is 0 Å². The summed E-state index contributed by atoms with van der Waals surface area (Å²) in [5.41, 5.74) is 2.55. The van der Waals surface area contributed by atoms with E-state index in [0.717, 1.165) is 18.3 Å². The molecule has 0 aliphatic heterocycles. The van der Waals surface area contributed by atoms with Crippen molar-refractivity contribution < 1.29 is 4.74 Å². The highest BCUT2D eigenvalue weighted by Crippen LogP contribution is 2.28. The van der Waals surface area contributed by atoms with Crippen LogP contribution in [-0.2, 0) is 11.3 Å². The summed E-state index contributed by atoms with van der Waals surface area (Å²) >= 11 is 0. The fraction of sp³-hybridized carbons (Fsp3) is 0.714. The van der Waals surface area contributed by atoms with E-state index in [2.05, 4.69) is 20.7 Å². The van der Waals surface area contributed by atoms with Gasteiger partial charge in [-0.1, -0.05) is 25.7 Å². The summed E-state index contributed by atoms with van der Waals surface area (Å²) in [5.74, 6) is 8.38. The second-order valence-corrected chi connectivity index (χ2v) is 5.35. The number of hydrogen-bond acceptors (Lipinski definition) is 6. The van der Waals surface area contributed by atoms with Crippen LogP contribution in [0.3, 0.4) is 0 Å². The highest BCUT2D eigenvalue weighted by atomic mass is 16.5. The second-order valence-electron chi connectivity index (χ2n) is 5.35. The number of anilines is 2. The summed E-state index contributed by atoms with van der Waals surface area (Å²) in [6.07, 6.45) is 8.13. The fourth-order valence-electron chi connectivity index (χ4n) is 2.76. The van der Waals surface area contributed by atoms with E-state index in [9.17, 15) is 0 Å². The predicted octanol–water partition coefficient (Wildman–Crippen LogP) is 2.29. The minimum absolute atomic E-state index is 0.381. The van der Waals surface area contributed by atoms with E-state index in [1.165, 1.54) is 38.5 Å². The number of nitrogens with two attached hydrogens (primary N) is 1. The van der Waals surface area contributed by atoms with Crippen LogP contribution in [0.15, 0.2) is 6.07 Å². The molecule has 1 saturated carbocycles. The van der Waals surface area contributed by atoms with Crippen LogP contribution in [-0.4, -0.2) is 23.6 Å². The lowest BCUT2D eigenvalue weighted by atomic mass is 10.0. The molecule has 1 heterocycles. The lowest BCUT2D eigenvalue weighted by Gasteiger charge is -2.11. The van der Waals surface area contributed by atoms with Gasteiger partial charge in [0.15, 0.2) is 5.82 Å². The Morgan fingerprint density at radius 2 is 2.05 bits per heavy atom. The third kappa shape index (κ3) is 4.61. The molecule has 1 fully saturated rings. The van der Waals surface area contributed by atoms with E-state index in [4.69, 9.17) is 10.6 Å². The summed E-state index contributed by atoms with van der Waals surface area (Å²) in [4.78, 5) is 8.62. The molecule has 0 radical (unpaired) electrons. The van der Waals surface area contributed by atoms with Crippen molar-refractivity contribution in [2.45, 2.75) is 45.1 Å². The molecule has 0 amide bonds. The molecule has 1 aromatic rings. The first kappa shape index (κ1) is 15.0. The number of aromatic nitrogens is 2. The summed E-state index contributed by atoms with van der Waals surface area (Å²) in [5, 5.41) is 3.34. The molecule has 4 N–H and O–H groups in total. The van der Waals surface area contributed by atoms with Crippen molar-refractivity contribution >= 4 is 11.6 Å². The van der Waals surface area contributed by atoms with Gasteiger partial charge in [0.05, 0.1) is 0 Å². The Morgan fingerprint density at radius 3 is 2.75 bits per heavy atom. The number of nitrogens with one attached hydrogen (secondary N) is 2. The predicted molar refractivity (Wildman–Crippen MR) is 80.2 cm³/mol. The van der Waals surface area contributed by atoms with Crippen molar-refractivity contribution in [3.05, 3.63) is 11.9 Å². The summed E-state index contributed by atoms with van der Waals surface area (Å²) in [7, 11) is 1.63. The molecule has 6 heteroatoms. The van der Waals surface area contributed by atoms with E-state index < -0.39 is 0 Å². The van der Waals surface area contributed by atoms with Gasteiger partial charge in [-0.15, -0.1) is 0 Å². The molecule has 1 aromatic heterocycles. The van der Waals surface area contributed by atoms with Crippen molar-refractivity contribution in [3.63, 3.8) is 0 Å². The molecule has 20 heavy (non-hydrogen) atoms. The van der Waals surface area contributed by atoms with E-state index >= 15 is 0 Å². The van der Waals surface area contributed by atoms with Crippen molar-refractivity contribution in [1.82, 2.24) is 9.97 Å². The maximum atomic E-state index is 5.41. The van der Waals surface area contributed by atoms with Crippen LogP contribution in [0.1, 0.15) is 44.3 Å². The molecule has 0 unspecified atom stereocenters. The van der Waals surface area contributed by atoms with Crippen LogP contribution in [0.25, 0.3) is 0 Å². The number of ether oxygens (including phenoxy) is 1. The van der Waals surface area contributed by atoms with E-state index in [-0.39, 0.29) is 0 Å². The van der Waals surface area contributed by atoms with Gasteiger partial charge in [-0.2, -0.15) is 0 Å². The molecule has 0 spiro atoms. The smallest absolute Gasteiger partial charge is 0.158 e. The van der Waals surface area contributed by atoms with Gasteiger partial charge in [0.1, 0.15) is 18.2 Å². The van der Waals surface area contributed by atoms with Crippen LogP contribution in [0.4, 0.5) is 11.6 Å². The molecule has 6 nitrogen and oxygen atoms in total. The zero-order chi connectivity index (χ0) is 14.2. The van der Waals surface area contributed by atoms with Gasteiger partial charge in [-0.3, -0.25) is 0 Å². The molecule has 0 saturated heterocycles. The molecule has 112 valence electrons. The first-order valence-corrected chi connectivity index (χ1v) is 7.39. The minimum Gasteiger partial charge on any atom is -0.377 e. The number of methoxy groups -OCH3 is 1. The molecule has 0 bridgehead atoms. The molecular weight excluding hydrogens is 254 g/mol. The SMILES string of the molecule is COCc1nc(NN)cc(NCCCC2CCCC2)n1. The Morgan fingerprint density at radius 1 is 1.30 bits per heavy atom. The van der Waals surface area contributed by atoms with Gasteiger partial charge >= 0.3 is 0 Å². The van der Waals surface area contributed by atoms with Crippen LogP contribution in [0, 0.1) is 5.92 Å². The normalized spacial score (nSPS) is 15.5. The second kappa shape index (κ2) is 8.01. The Bertz CT molecular complexity index is 407. The average molecular weight is 279 g/mol. The maximum Gasteiger partial charge on any atom is 0.158 e. The van der Waals surface area contributed by atoms with Crippen LogP contribution in [0.2, 0.25) is 0 Å². The lowest BCUT2D eigenvalue weighted by molar-refractivity contribution is 0.178. The summed E-state index contributed by atoms with van der Waals surface area (Å²) in [6.45, 7) is 1.32. The molecule has 1 aliphatic carbocycles. The Labute approximate surface area is 120 Å². The lowest BCUT2D eigenvalue weighted by Crippen LogP contribution is -2.13.